The molecular formula is C11H21NO2. The van der Waals surface area contributed by atoms with Crippen molar-refractivity contribution in [1.29, 1.82) is 0 Å². The highest BCUT2D eigenvalue weighted by molar-refractivity contribution is 4.96. The molecule has 1 atom stereocenters. The maximum Gasteiger partial charge on any atom is 0.0897 e. The van der Waals surface area contributed by atoms with Crippen LogP contribution in [-0.2, 0) is 4.74 Å². The fourth-order valence-electron chi connectivity index (χ4n) is 2.15. The van der Waals surface area contributed by atoms with Gasteiger partial charge in [0.25, 0.3) is 0 Å². The molecule has 0 radical (unpaired) electrons. The zero-order valence-electron chi connectivity index (χ0n) is 8.91. The minimum absolute atomic E-state index is 0.347. The predicted octanol–water partition coefficient (Wildman–Crippen LogP) is 0.772. The molecule has 3 nitrogen and oxygen atoms in total. The number of aliphatic hydroxyl groups excluding tert-OH is 1. The van der Waals surface area contributed by atoms with E-state index in [2.05, 4.69) is 5.32 Å². The summed E-state index contributed by atoms with van der Waals surface area (Å²) in [5.41, 5.74) is 0. The molecule has 2 aliphatic rings. The van der Waals surface area contributed by atoms with Gasteiger partial charge in [-0.05, 0) is 37.5 Å². The van der Waals surface area contributed by atoms with Crippen molar-refractivity contribution in [1.82, 2.24) is 5.32 Å². The molecule has 3 heteroatoms. The predicted molar refractivity (Wildman–Crippen MR) is 55.1 cm³/mol. The van der Waals surface area contributed by atoms with Gasteiger partial charge in [-0.1, -0.05) is 0 Å². The van der Waals surface area contributed by atoms with Crippen LogP contribution in [0.25, 0.3) is 0 Å². The summed E-state index contributed by atoms with van der Waals surface area (Å²) in [4.78, 5) is 0. The number of nitrogens with one attached hydrogen (secondary N) is 1. The van der Waals surface area contributed by atoms with Gasteiger partial charge in [0, 0.05) is 19.7 Å². The van der Waals surface area contributed by atoms with Crippen molar-refractivity contribution in [3.05, 3.63) is 0 Å². The van der Waals surface area contributed by atoms with Crippen molar-refractivity contribution in [2.75, 3.05) is 20.3 Å². The monoisotopic (exact) mass is 199 g/mol. The van der Waals surface area contributed by atoms with Gasteiger partial charge in [0.15, 0.2) is 0 Å². The summed E-state index contributed by atoms with van der Waals surface area (Å²) in [6.07, 6.45) is 5.19. The van der Waals surface area contributed by atoms with Crippen LogP contribution in [0.4, 0.5) is 0 Å². The Morgan fingerprint density at radius 2 is 1.86 bits per heavy atom. The number of hydrogen-bond acceptors (Lipinski definition) is 3. The molecule has 0 heterocycles. The number of aliphatic hydroxyl groups is 1. The van der Waals surface area contributed by atoms with Crippen LogP contribution in [0.15, 0.2) is 0 Å². The molecule has 0 amide bonds. The molecule has 1 unspecified atom stereocenters. The lowest BCUT2D eigenvalue weighted by molar-refractivity contribution is 0.0616. The van der Waals surface area contributed by atoms with E-state index in [-0.39, 0.29) is 6.10 Å². The Bertz CT molecular complexity index is 166. The van der Waals surface area contributed by atoms with Gasteiger partial charge >= 0.3 is 0 Å². The Balaban J connectivity index is 1.66. The molecule has 14 heavy (non-hydrogen) atoms. The van der Waals surface area contributed by atoms with Gasteiger partial charge in [-0.25, -0.2) is 0 Å². The number of ether oxygens (including phenoxy) is 1. The van der Waals surface area contributed by atoms with Crippen LogP contribution >= 0.6 is 0 Å². The topological polar surface area (TPSA) is 41.5 Å². The Labute approximate surface area is 85.8 Å². The lowest BCUT2D eigenvalue weighted by Crippen LogP contribution is -2.39. The van der Waals surface area contributed by atoms with Crippen LogP contribution in [0.1, 0.15) is 25.7 Å². The molecule has 0 bridgehead atoms. The molecule has 2 aliphatic carbocycles. The van der Waals surface area contributed by atoms with E-state index in [4.69, 9.17) is 4.74 Å². The first-order valence-corrected chi connectivity index (χ1v) is 5.71. The number of methoxy groups -OCH3 is 1. The Morgan fingerprint density at radius 1 is 1.29 bits per heavy atom. The third kappa shape index (κ3) is 2.94. The van der Waals surface area contributed by atoms with Crippen molar-refractivity contribution >= 4 is 0 Å². The van der Waals surface area contributed by atoms with E-state index in [0.717, 1.165) is 11.8 Å². The van der Waals surface area contributed by atoms with E-state index in [0.29, 0.717) is 19.2 Å². The van der Waals surface area contributed by atoms with E-state index in [1.165, 1.54) is 25.7 Å². The Hall–Kier alpha value is -0.120. The van der Waals surface area contributed by atoms with E-state index in [9.17, 15) is 5.11 Å². The average Bonchev–Trinajstić information content (AvgIpc) is 3.01. The van der Waals surface area contributed by atoms with Gasteiger partial charge in [0.2, 0.25) is 0 Å². The zero-order valence-corrected chi connectivity index (χ0v) is 8.91. The van der Waals surface area contributed by atoms with Crippen molar-refractivity contribution in [3.8, 4) is 0 Å². The van der Waals surface area contributed by atoms with Gasteiger partial charge in [-0.3, -0.25) is 0 Å². The average molecular weight is 199 g/mol. The van der Waals surface area contributed by atoms with E-state index in [1.807, 2.05) is 0 Å². The van der Waals surface area contributed by atoms with Crippen molar-refractivity contribution < 1.29 is 9.84 Å². The minimum atomic E-state index is -0.347. The fourth-order valence-corrected chi connectivity index (χ4v) is 2.15. The molecule has 0 aromatic carbocycles. The normalized spacial score (nSPS) is 24.2. The summed E-state index contributed by atoms with van der Waals surface area (Å²) in [7, 11) is 1.63. The molecule has 2 rings (SSSR count). The van der Waals surface area contributed by atoms with Crippen LogP contribution in [0.2, 0.25) is 0 Å². The number of hydrogen-bond donors (Lipinski definition) is 2. The van der Waals surface area contributed by atoms with Crippen molar-refractivity contribution in [2.45, 2.75) is 37.8 Å². The van der Waals surface area contributed by atoms with Gasteiger partial charge in [-0.15, -0.1) is 0 Å². The molecule has 2 N–H and O–H groups in total. The zero-order chi connectivity index (χ0) is 9.97. The summed E-state index contributed by atoms with van der Waals surface area (Å²) >= 11 is 0. The maximum absolute atomic E-state index is 9.51. The van der Waals surface area contributed by atoms with Crippen LogP contribution in [-0.4, -0.2) is 37.5 Å². The van der Waals surface area contributed by atoms with Crippen LogP contribution in [0, 0.1) is 11.8 Å². The SMILES string of the molecule is COCC(O)CNC(C1CC1)C1CC1. The molecule has 0 spiro atoms. The minimum Gasteiger partial charge on any atom is -0.389 e. The van der Waals surface area contributed by atoms with Crippen LogP contribution in [0.5, 0.6) is 0 Å². The van der Waals surface area contributed by atoms with E-state index >= 15 is 0 Å². The molecule has 2 fully saturated rings. The first kappa shape index (κ1) is 10.4. The smallest absolute Gasteiger partial charge is 0.0897 e. The number of rotatable bonds is 7. The van der Waals surface area contributed by atoms with Gasteiger partial charge in [0.1, 0.15) is 0 Å². The molecule has 0 aliphatic heterocycles. The van der Waals surface area contributed by atoms with Gasteiger partial charge in [-0.2, -0.15) is 0 Å². The summed E-state index contributed by atoms with van der Waals surface area (Å²) < 4.78 is 4.90. The molecule has 82 valence electrons. The molecular weight excluding hydrogens is 178 g/mol. The second-order valence-corrected chi connectivity index (χ2v) is 4.72. The Morgan fingerprint density at radius 3 is 2.29 bits per heavy atom. The quantitative estimate of drug-likeness (QED) is 0.636. The first-order chi connectivity index (χ1) is 6.81. The first-order valence-electron chi connectivity index (χ1n) is 5.71. The van der Waals surface area contributed by atoms with E-state index < -0.39 is 0 Å². The van der Waals surface area contributed by atoms with Gasteiger partial charge < -0.3 is 15.2 Å². The van der Waals surface area contributed by atoms with Gasteiger partial charge in [0.05, 0.1) is 12.7 Å². The fraction of sp³-hybridized carbons (Fsp3) is 1.00. The molecule has 2 saturated carbocycles. The van der Waals surface area contributed by atoms with Crippen LogP contribution < -0.4 is 5.32 Å². The maximum atomic E-state index is 9.51. The van der Waals surface area contributed by atoms with Crippen molar-refractivity contribution in [3.63, 3.8) is 0 Å². The lowest BCUT2D eigenvalue weighted by atomic mass is 10.1. The Kier molecular flexibility index (Phi) is 3.42. The largest absolute Gasteiger partial charge is 0.389 e. The lowest BCUT2D eigenvalue weighted by Gasteiger charge is -2.19. The molecule has 0 saturated heterocycles. The van der Waals surface area contributed by atoms with Crippen LogP contribution in [0.3, 0.4) is 0 Å². The highest BCUT2D eigenvalue weighted by atomic mass is 16.5. The summed E-state index contributed by atoms with van der Waals surface area (Å²) in [5.74, 6) is 1.80. The molecule has 0 aromatic heterocycles. The molecule has 0 aromatic rings. The third-order valence-electron chi connectivity index (χ3n) is 3.21. The summed E-state index contributed by atoms with van der Waals surface area (Å²) in [5, 5.41) is 13.0. The summed E-state index contributed by atoms with van der Waals surface area (Å²) in [6.45, 7) is 1.13. The third-order valence-corrected chi connectivity index (χ3v) is 3.21. The standard InChI is InChI=1S/C11H21NO2/c1-14-7-10(13)6-12-11(8-2-3-8)9-4-5-9/h8-13H,2-7H2,1H3. The highest BCUT2D eigenvalue weighted by Gasteiger charge is 2.41. The highest BCUT2D eigenvalue weighted by Crippen LogP contribution is 2.44. The van der Waals surface area contributed by atoms with E-state index in [1.54, 1.807) is 7.11 Å². The second-order valence-electron chi connectivity index (χ2n) is 4.72. The summed E-state index contributed by atoms with van der Waals surface area (Å²) in [6, 6.07) is 0.682. The van der Waals surface area contributed by atoms with Crippen molar-refractivity contribution in [2.24, 2.45) is 11.8 Å². The second kappa shape index (κ2) is 4.60.